The third kappa shape index (κ3) is 3.81. The van der Waals surface area contributed by atoms with Crippen LogP contribution in [-0.2, 0) is 9.53 Å². The lowest BCUT2D eigenvalue weighted by molar-refractivity contribution is -0.127. The standard InChI is InChI=1S/C19H24N2O5/c1-12-17(22)20-6-7-21(12)18(23)14-8-15(19(24)25-2)10-16(9-14)26-11-13-4-3-5-13/h8-10,12-13H,3-7,11H2,1-2H3,(H,20,22)/t12-/m0/s1. The van der Waals surface area contributed by atoms with Crippen LogP contribution in [0.3, 0.4) is 0 Å². The second kappa shape index (κ2) is 7.76. The molecule has 7 heteroatoms. The lowest BCUT2D eigenvalue weighted by Crippen LogP contribution is -2.55. The first kappa shape index (κ1) is 18.2. The molecule has 0 aromatic heterocycles. The average Bonchev–Trinajstić information content (AvgIpc) is 2.61. The van der Waals surface area contributed by atoms with E-state index in [1.54, 1.807) is 19.1 Å². The van der Waals surface area contributed by atoms with E-state index < -0.39 is 12.0 Å². The van der Waals surface area contributed by atoms with Gasteiger partial charge in [-0.15, -0.1) is 0 Å². The first-order chi connectivity index (χ1) is 12.5. The highest BCUT2D eigenvalue weighted by atomic mass is 16.5. The summed E-state index contributed by atoms with van der Waals surface area (Å²) in [5, 5.41) is 2.73. The van der Waals surface area contributed by atoms with Gasteiger partial charge in [-0.05, 0) is 43.9 Å². The summed E-state index contributed by atoms with van der Waals surface area (Å²) in [4.78, 5) is 38.2. The molecule has 0 radical (unpaired) electrons. The van der Waals surface area contributed by atoms with Gasteiger partial charge in [0.05, 0.1) is 19.3 Å². The zero-order valence-corrected chi connectivity index (χ0v) is 15.1. The van der Waals surface area contributed by atoms with Gasteiger partial charge in [0.15, 0.2) is 0 Å². The number of benzene rings is 1. The minimum absolute atomic E-state index is 0.185. The number of ether oxygens (including phenoxy) is 2. The van der Waals surface area contributed by atoms with Crippen LogP contribution in [0.2, 0.25) is 0 Å². The number of carbonyl (C=O) groups excluding carboxylic acids is 3. The van der Waals surface area contributed by atoms with Crippen LogP contribution in [0.5, 0.6) is 5.75 Å². The molecule has 1 heterocycles. The van der Waals surface area contributed by atoms with Crippen LogP contribution in [0.25, 0.3) is 0 Å². The molecule has 1 aromatic carbocycles. The molecule has 1 aromatic rings. The van der Waals surface area contributed by atoms with Crippen molar-refractivity contribution in [3.63, 3.8) is 0 Å². The molecular formula is C19H24N2O5. The summed E-state index contributed by atoms with van der Waals surface area (Å²) in [5.41, 5.74) is 0.578. The summed E-state index contributed by atoms with van der Waals surface area (Å²) in [6, 6.07) is 4.15. The molecule has 2 fully saturated rings. The van der Waals surface area contributed by atoms with Gasteiger partial charge in [0, 0.05) is 18.7 Å². The quantitative estimate of drug-likeness (QED) is 0.807. The van der Waals surface area contributed by atoms with Crippen molar-refractivity contribution in [2.75, 3.05) is 26.8 Å². The van der Waals surface area contributed by atoms with Gasteiger partial charge < -0.3 is 19.7 Å². The molecule has 2 aliphatic rings. The van der Waals surface area contributed by atoms with Crippen molar-refractivity contribution in [1.29, 1.82) is 0 Å². The predicted octanol–water partition coefficient (Wildman–Crippen LogP) is 1.61. The smallest absolute Gasteiger partial charge is 0.338 e. The van der Waals surface area contributed by atoms with Gasteiger partial charge in [0.1, 0.15) is 11.8 Å². The SMILES string of the molecule is COC(=O)c1cc(OCC2CCC2)cc(C(=O)N2CCNC(=O)[C@@H]2C)c1. The van der Waals surface area contributed by atoms with Crippen LogP contribution in [0.4, 0.5) is 0 Å². The normalized spacial score (nSPS) is 20.2. The van der Waals surface area contributed by atoms with Gasteiger partial charge in [-0.1, -0.05) is 6.42 Å². The number of methoxy groups -OCH3 is 1. The number of nitrogens with zero attached hydrogens (tertiary/aromatic N) is 1. The van der Waals surface area contributed by atoms with E-state index in [0.29, 0.717) is 36.9 Å². The summed E-state index contributed by atoms with van der Waals surface area (Å²) in [5.74, 6) is -0.0154. The van der Waals surface area contributed by atoms with Gasteiger partial charge in [0.2, 0.25) is 5.91 Å². The Labute approximate surface area is 152 Å². The first-order valence-electron chi connectivity index (χ1n) is 8.94. The summed E-state index contributed by atoms with van der Waals surface area (Å²) in [7, 11) is 1.29. The summed E-state index contributed by atoms with van der Waals surface area (Å²) < 4.78 is 10.6. The van der Waals surface area contributed by atoms with Gasteiger partial charge in [-0.25, -0.2) is 4.79 Å². The number of hydrogen-bond donors (Lipinski definition) is 1. The second-order valence-electron chi connectivity index (χ2n) is 6.81. The Morgan fingerprint density at radius 3 is 2.62 bits per heavy atom. The Morgan fingerprint density at radius 1 is 1.23 bits per heavy atom. The van der Waals surface area contributed by atoms with Crippen molar-refractivity contribution < 1.29 is 23.9 Å². The average molecular weight is 360 g/mol. The molecule has 1 saturated heterocycles. The van der Waals surface area contributed by atoms with E-state index in [1.807, 2.05) is 0 Å². The number of nitrogens with one attached hydrogen (secondary N) is 1. The van der Waals surface area contributed by atoms with Crippen LogP contribution in [0, 0.1) is 5.92 Å². The number of piperazine rings is 1. The highest BCUT2D eigenvalue weighted by Gasteiger charge is 2.30. The number of amides is 2. The zero-order valence-electron chi connectivity index (χ0n) is 15.1. The molecular weight excluding hydrogens is 336 g/mol. The van der Waals surface area contributed by atoms with E-state index in [2.05, 4.69) is 5.32 Å². The Hall–Kier alpha value is -2.57. The third-order valence-corrected chi connectivity index (χ3v) is 5.04. The van der Waals surface area contributed by atoms with Crippen molar-refractivity contribution in [1.82, 2.24) is 10.2 Å². The van der Waals surface area contributed by atoms with Gasteiger partial charge in [-0.2, -0.15) is 0 Å². The summed E-state index contributed by atoms with van der Waals surface area (Å²) in [6.45, 7) is 3.09. The van der Waals surface area contributed by atoms with Crippen LogP contribution >= 0.6 is 0 Å². The zero-order chi connectivity index (χ0) is 18.7. The van der Waals surface area contributed by atoms with E-state index >= 15 is 0 Å². The number of rotatable bonds is 5. The first-order valence-corrected chi connectivity index (χ1v) is 8.94. The van der Waals surface area contributed by atoms with Crippen molar-refractivity contribution in [2.24, 2.45) is 5.92 Å². The number of hydrogen-bond acceptors (Lipinski definition) is 5. The molecule has 0 bridgehead atoms. The molecule has 1 aliphatic carbocycles. The predicted molar refractivity (Wildman–Crippen MR) is 94.1 cm³/mol. The van der Waals surface area contributed by atoms with Crippen molar-refractivity contribution in [2.45, 2.75) is 32.2 Å². The molecule has 7 nitrogen and oxygen atoms in total. The lowest BCUT2D eigenvalue weighted by Gasteiger charge is -2.33. The topological polar surface area (TPSA) is 84.9 Å². The number of esters is 1. The van der Waals surface area contributed by atoms with Gasteiger partial charge >= 0.3 is 5.97 Å². The fourth-order valence-corrected chi connectivity index (χ4v) is 3.14. The fraction of sp³-hybridized carbons (Fsp3) is 0.526. The molecule has 2 amide bonds. The Morgan fingerprint density at radius 2 is 1.96 bits per heavy atom. The molecule has 140 valence electrons. The van der Waals surface area contributed by atoms with Crippen LogP contribution in [0.15, 0.2) is 18.2 Å². The van der Waals surface area contributed by atoms with Crippen LogP contribution in [0.1, 0.15) is 46.9 Å². The van der Waals surface area contributed by atoms with Crippen molar-refractivity contribution >= 4 is 17.8 Å². The number of carbonyl (C=O) groups is 3. The van der Waals surface area contributed by atoms with Crippen molar-refractivity contribution in [3.8, 4) is 5.75 Å². The third-order valence-electron chi connectivity index (χ3n) is 5.04. The van der Waals surface area contributed by atoms with E-state index in [9.17, 15) is 14.4 Å². The van der Waals surface area contributed by atoms with E-state index in [1.165, 1.54) is 24.5 Å². The Bertz CT molecular complexity index is 714. The molecule has 1 saturated carbocycles. The monoisotopic (exact) mass is 360 g/mol. The highest BCUT2D eigenvalue weighted by molar-refractivity contribution is 6.00. The Kier molecular flexibility index (Phi) is 5.44. The van der Waals surface area contributed by atoms with Crippen LogP contribution in [-0.4, -0.2) is 55.5 Å². The molecule has 0 unspecified atom stereocenters. The maximum Gasteiger partial charge on any atom is 0.338 e. The highest BCUT2D eigenvalue weighted by Crippen LogP contribution is 2.28. The second-order valence-corrected chi connectivity index (χ2v) is 6.81. The molecule has 26 heavy (non-hydrogen) atoms. The lowest BCUT2D eigenvalue weighted by atomic mass is 9.86. The Balaban J connectivity index is 1.84. The maximum absolute atomic E-state index is 12.9. The molecule has 1 N–H and O–H groups in total. The van der Waals surface area contributed by atoms with Crippen molar-refractivity contribution in [3.05, 3.63) is 29.3 Å². The molecule has 1 aliphatic heterocycles. The summed E-state index contributed by atoms with van der Waals surface area (Å²) in [6.07, 6.45) is 3.50. The molecule has 0 spiro atoms. The van der Waals surface area contributed by atoms with Gasteiger partial charge in [0.25, 0.3) is 5.91 Å². The van der Waals surface area contributed by atoms with E-state index in [4.69, 9.17) is 9.47 Å². The maximum atomic E-state index is 12.9. The minimum atomic E-state index is -0.558. The molecule has 3 rings (SSSR count). The fourth-order valence-electron chi connectivity index (χ4n) is 3.14. The molecule has 1 atom stereocenters. The van der Waals surface area contributed by atoms with Gasteiger partial charge in [-0.3, -0.25) is 9.59 Å². The van der Waals surface area contributed by atoms with E-state index in [-0.39, 0.29) is 17.4 Å². The minimum Gasteiger partial charge on any atom is -0.493 e. The van der Waals surface area contributed by atoms with E-state index in [0.717, 1.165) is 12.8 Å². The summed E-state index contributed by atoms with van der Waals surface area (Å²) >= 11 is 0. The largest absolute Gasteiger partial charge is 0.493 e. The van der Waals surface area contributed by atoms with Crippen LogP contribution < -0.4 is 10.1 Å².